The number of carbonyl (C=O) groups excluding carboxylic acids is 1. The molecule has 1 aromatic heterocycles. The first-order chi connectivity index (χ1) is 9.61. The first-order valence-electron chi connectivity index (χ1n) is 5.97. The molecule has 100 valence electrons. The number of rotatable bonds is 3. The first kappa shape index (κ1) is 13.7. The minimum absolute atomic E-state index is 0.172. The molecule has 0 aliphatic rings. The Morgan fingerprint density at radius 3 is 2.70 bits per heavy atom. The molecule has 0 spiro atoms. The van der Waals surface area contributed by atoms with Gasteiger partial charge in [-0.25, -0.2) is 9.37 Å². The van der Waals surface area contributed by atoms with Crippen LogP contribution in [0.4, 0.5) is 4.39 Å². The Kier molecular flexibility index (Phi) is 4.06. The second-order valence-corrected chi connectivity index (χ2v) is 4.30. The maximum Gasteiger partial charge on any atom is 0.255 e. The van der Waals surface area contributed by atoms with Gasteiger partial charge in [-0.15, -0.1) is 0 Å². The topological polar surface area (TPSA) is 57.0 Å². The highest BCUT2D eigenvalue weighted by atomic mass is 19.1. The molecule has 20 heavy (non-hydrogen) atoms. The summed E-state index contributed by atoms with van der Waals surface area (Å²) >= 11 is 0. The van der Waals surface area contributed by atoms with Gasteiger partial charge in [0, 0.05) is 25.4 Å². The van der Waals surface area contributed by atoms with E-state index >= 15 is 0 Å². The van der Waals surface area contributed by atoms with Gasteiger partial charge in [-0.2, -0.15) is 5.26 Å². The minimum Gasteiger partial charge on any atom is -0.337 e. The van der Waals surface area contributed by atoms with Crippen molar-refractivity contribution >= 4 is 5.91 Å². The van der Waals surface area contributed by atoms with Crippen molar-refractivity contribution in [2.75, 3.05) is 7.05 Å². The summed E-state index contributed by atoms with van der Waals surface area (Å²) in [6, 6.07) is 11.2. The summed E-state index contributed by atoms with van der Waals surface area (Å²) in [6.45, 7) is 0.172. The van der Waals surface area contributed by atoms with E-state index in [9.17, 15) is 9.18 Å². The number of hydrogen-bond donors (Lipinski definition) is 0. The second-order valence-electron chi connectivity index (χ2n) is 4.30. The van der Waals surface area contributed by atoms with Gasteiger partial charge in [-0.3, -0.25) is 4.79 Å². The van der Waals surface area contributed by atoms with Crippen LogP contribution in [0.2, 0.25) is 0 Å². The quantitative estimate of drug-likeness (QED) is 0.859. The van der Waals surface area contributed by atoms with Crippen molar-refractivity contribution in [1.82, 2.24) is 9.88 Å². The Morgan fingerprint density at radius 2 is 2.10 bits per heavy atom. The van der Waals surface area contributed by atoms with Gasteiger partial charge in [0.2, 0.25) is 0 Å². The van der Waals surface area contributed by atoms with Gasteiger partial charge in [0.15, 0.2) is 0 Å². The van der Waals surface area contributed by atoms with Crippen molar-refractivity contribution in [2.24, 2.45) is 0 Å². The molecule has 0 atom stereocenters. The van der Waals surface area contributed by atoms with E-state index in [0.717, 1.165) is 0 Å². The molecular weight excluding hydrogens is 257 g/mol. The Balaban J connectivity index is 2.12. The van der Waals surface area contributed by atoms with E-state index in [-0.39, 0.29) is 24.0 Å². The fourth-order valence-corrected chi connectivity index (χ4v) is 1.76. The highest BCUT2D eigenvalue weighted by molar-refractivity contribution is 5.93. The lowest BCUT2D eigenvalue weighted by atomic mass is 10.2. The van der Waals surface area contributed by atoms with Crippen LogP contribution in [0.1, 0.15) is 21.6 Å². The van der Waals surface area contributed by atoms with Crippen molar-refractivity contribution in [3.8, 4) is 6.07 Å². The number of hydrogen-bond acceptors (Lipinski definition) is 3. The van der Waals surface area contributed by atoms with E-state index in [1.807, 2.05) is 6.07 Å². The van der Waals surface area contributed by atoms with E-state index in [2.05, 4.69) is 4.98 Å². The van der Waals surface area contributed by atoms with Gasteiger partial charge in [0.1, 0.15) is 17.6 Å². The fraction of sp³-hybridized carbons (Fsp3) is 0.133. The van der Waals surface area contributed by atoms with Crippen LogP contribution < -0.4 is 0 Å². The number of pyridine rings is 1. The summed E-state index contributed by atoms with van der Waals surface area (Å²) < 4.78 is 13.5. The van der Waals surface area contributed by atoms with Crippen molar-refractivity contribution in [1.29, 1.82) is 5.26 Å². The van der Waals surface area contributed by atoms with Crippen molar-refractivity contribution in [3.63, 3.8) is 0 Å². The normalized spacial score (nSPS) is 9.85. The molecule has 2 aromatic rings. The minimum atomic E-state index is -0.342. The fourth-order valence-electron chi connectivity index (χ4n) is 1.76. The van der Waals surface area contributed by atoms with Gasteiger partial charge < -0.3 is 4.90 Å². The average molecular weight is 269 g/mol. The van der Waals surface area contributed by atoms with Gasteiger partial charge in [0.25, 0.3) is 5.91 Å². The van der Waals surface area contributed by atoms with Crippen LogP contribution in [-0.4, -0.2) is 22.8 Å². The lowest BCUT2D eigenvalue weighted by Gasteiger charge is -2.17. The van der Waals surface area contributed by atoms with Gasteiger partial charge in [-0.05, 0) is 18.2 Å². The Hall–Kier alpha value is -2.74. The third-order valence-electron chi connectivity index (χ3n) is 2.84. The molecule has 0 fully saturated rings. The zero-order valence-corrected chi connectivity index (χ0v) is 10.9. The van der Waals surface area contributed by atoms with Crippen LogP contribution in [0.25, 0.3) is 0 Å². The molecule has 1 heterocycles. The molecule has 5 heteroatoms. The van der Waals surface area contributed by atoms with Crippen LogP contribution >= 0.6 is 0 Å². The SMILES string of the molecule is CN(Cc1ccccc1F)C(=O)c1ccc(C#N)nc1. The zero-order valence-electron chi connectivity index (χ0n) is 10.9. The molecule has 1 amide bonds. The van der Waals surface area contributed by atoms with Crippen LogP contribution in [0.5, 0.6) is 0 Å². The molecule has 0 bridgehead atoms. The van der Waals surface area contributed by atoms with E-state index < -0.39 is 0 Å². The molecule has 0 aliphatic heterocycles. The summed E-state index contributed by atoms with van der Waals surface area (Å²) in [5, 5.41) is 8.65. The molecule has 1 aromatic carbocycles. The number of nitrogens with zero attached hydrogens (tertiary/aromatic N) is 3. The molecule has 2 rings (SSSR count). The number of halogens is 1. The van der Waals surface area contributed by atoms with E-state index in [0.29, 0.717) is 11.1 Å². The largest absolute Gasteiger partial charge is 0.337 e. The highest BCUT2D eigenvalue weighted by Gasteiger charge is 2.14. The summed E-state index contributed by atoms with van der Waals surface area (Å²) in [5.74, 6) is -0.615. The predicted octanol–water partition coefficient (Wildman–Crippen LogP) is 2.36. The molecular formula is C15H12FN3O. The predicted molar refractivity (Wildman–Crippen MR) is 71.1 cm³/mol. The summed E-state index contributed by atoms with van der Waals surface area (Å²) in [5.41, 5.74) is 1.06. The van der Waals surface area contributed by atoms with Crippen molar-refractivity contribution in [3.05, 3.63) is 65.2 Å². The molecule has 0 saturated heterocycles. The van der Waals surface area contributed by atoms with Crippen LogP contribution in [0, 0.1) is 17.1 Å². The lowest BCUT2D eigenvalue weighted by molar-refractivity contribution is 0.0783. The molecule has 0 saturated carbocycles. The monoisotopic (exact) mass is 269 g/mol. The second kappa shape index (κ2) is 5.93. The van der Waals surface area contributed by atoms with Crippen molar-refractivity contribution < 1.29 is 9.18 Å². The number of carbonyl (C=O) groups is 1. The molecule has 0 unspecified atom stereocenters. The van der Waals surface area contributed by atoms with Gasteiger partial charge >= 0.3 is 0 Å². The zero-order chi connectivity index (χ0) is 14.5. The smallest absolute Gasteiger partial charge is 0.255 e. The molecule has 0 radical (unpaired) electrons. The maximum atomic E-state index is 13.5. The third kappa shape index (κ3) is 2.98. The van der Waals surface area contributed by atoms with Crippen molar-refractivity contribution in [2.45, 2.75) is 6.54 Å². The van der Waals surface area contributed by atoms with E-state index in [1.165, 1.54) is 29.3 Å². The lowest BCUT2D eigenvalue weighted by Crippen LogP contribution is -2.26. The first-order valence-corrected chi connectivity index (χ1v) is 5.97. The standard InChI is InChI=1S/C15H12FN3O/c1-19(10-12-4-2-3-5-14(12)16)15(20)11-6-7-13(8-17)18-9-11/h2-7,9H,10H2,1H3. The maximum absolute atomic E-state index is 13.5. The molecule has 0 N–H and O–H groups in total. The Labute approximate surface area is 116 Å². The van der Waals surface area contributed by atoms with Crippen LogP contribution in [-0.2, 0) is 6.54 Å². The summed E-state index contributed by atoms with van der Waals surface area (Å²) in [7, 11) is 1.59. The highest BCUT2D eigenvalue weighted by Crippen LogP contribution is 2.11. The average Bonchev–Trinajstić information content (AvgIpc) is 2.49. The van der Waals surface area contributed by atoms with Crippen LogP contribution in [0.15, 0.2) is 42.6 Å². The number of nitriles is 1. The van der Waals surface area contributed by atoms with Gasteiger partial charge in [0.05, 0.1) is 5.56 Å². The van der Waals surface area contributed by atoms with E-state index in [1.54, 1.807) is 25.2 Å². The number of benzene rings is 1. The number of aromatic nitrogens is 1. The summed E-state index contributed by atoms with van der Waals surface area (Å²) in [6.07, 6.45) is 1.35. The Morgan fingerprint density at radius 1 is 1.35 bits per heavy atom. The Bertz CT molecular complexity index is 662. The van der Waals surface area contributed by atoms with Gasteiger partial charge in [-0.1, -0.05) is 18.2 Å². The van der Waals surface area contributed by atoms with E-state index in [4.69, 9.17) is 5.26 Å². The molecule has 0 aliphatic carbocycles. The summed E-state index contributed by atoms with van der Waals surface area (Å²) in [4.78, 5) is 17.4. The van der Waals surface area contributed by atoms with Crippen LogP contribution in [0.3, 0.4) is 0 Å². The number of amides is 1. The third-order valence-corrected chi connectivity index (χ3v) is 2.84. The molecule has 4 nitrogen and oxygen atoms in total.